The first-order valence-electron chi connectivity index (χ1n) is 6.85. The lowest BCUT2D eigenvalue weighted by Crippen LogP contribution is -2.25. The zero-order chi connectivity index (χ0) is 12.9. The van der Waals surface area contributed by atoms with E-state index in [1.807, 2.05) is 6.92 Å². The second-order valence-electron chi connectivity index (χ2n) is 6.53. The highest BCUT2D eigenvalue weighted by atomic mass is 15.2. The Labute approximate surface area is 109 Å². The number of hydrogen-bond donors (Lipinski definition) is 1. The molecule has 2 fully saturated rings. The van der Waals surface area contributed by atoms with Gasteiger partial charge < -0.3 is 10.6 Å². The number of rotatable bonds is 2. The SMILES string of the molecule is Cc1c(N)nc(C2CC2)nc1N1CCC(C)(C)C1. The highest BCUT2D eigenvalue weighted by Gasteiger charge is 2.33. The molecule has 18 heavy (non-hydrogen) atoms. The zero-order valence-corrected chi connectivity index (χ0v) is 11.5. The third-order valence-corrected chi connectivity index (χ3v) is 4.09. The Morgan fingerprint density at radius 3 is 2.56 bits per heavy atom. The van der Waals surface area contributed by atoms with Crippen LogP contribution in [0.5, 0.6) is 0 Å². The van der Waals surface area contributed by atoms with Crippen LogP contribution in [0.3, 0.4) is 0 Å². The summed E-state index contributed by atoms with van der Waals surface area (Å²) in [6.07, 6.45) is 3.65. The Morgan fingerprint density at radius 2 is 2.00 bits per heavy atom. The molecule has 0 spiro atoms. The Morgan fingerprint density at radius 1 is 1.28 bits per heavy atom. The van der Waals surface area contributed by atoms with E-state index in [1.54, 1.807) is 0 Å². The molecule has 1 saturated heterocycles. The summed E-state index contributed by atoms with van der Waals surface area (Å²) in [6, 6.07) is 0. The summed E-state index contributed by atoms with van der Waals surface area (Å²) in [4.78, 5) is 11.6. The molecule has 0 unspecified atom stereocenters. The number of nitrogens with zero attached hydrogens (tertiary/aromatic N) is 3. The van der Waals surface area contributed by atoms with E-state index >= 15 is 0 Å². The monoisotopic (exact) mass is 246 g/mol. The molecule has 0 aromatic carbocycles. The first kappa shape index (κ1) is 11.8. The van der Waals surface area contributed by atoms with Crippen molar-refractivity contribution in [3.05, 3.63) is 11.4 Å². The molecule has 1 aromatic heterocycles. The second-order valence-corrected chi connectivity index (χ2v) is 6.53. The summed E-state index contributed by atoms with van der Waals surface area (Å²) in [5.74, 6) is 3.24. The van der Waals surface area contributed by atoms with Crippen LogP contribution >= 0.6 is 0 Å². The molecule has 4 heteroatoms. The maximum Gasteiger partial charge on any atom is 0.137 e. The van der Waals surface area contributed by atoms with Crippen molar-refractivity contribution in [2.75, 3.05) is 23.7 Å². The second kappa shape index (κ2) is 3.84. The van der Waals surface area contributed by atoms with Gasteiger partial charge in [0.25, 0.3) is 0 Å². The minimum absolute atomic E-state index is 0.381. The average molecular weight is 246 g/mol. The van der Waals surface area contributed by atoms with E-state index < -0.39 is 0 Å². The van der Waals surface area contributed by atoms with Gasteiger partial charge in [-0.25, -0.2) is 9.97 Å². The van der Waals surface area contributed by atoms with Crippen molar-refractivity contribution in [1.82, 2.24) is 9.97 Å². The largest absolute Gasteiger partial charge is 0.383 e. The van der Waals surface area contributed by atoms with Crippen molar-refractivity contribution in [2.24, 2.45) is 5.41 Å². The Balaban J connectivity index is 1.95. The zero-order valence-electron chi connectivity index (χ0n) is 11.5. The fraction of sp³-hybridized carbons (Fsp3) is 0.714. The molecular formula is C14H22N4. The number of aromatic nitrogens is 2. The molecule has 2 N–H and O–H groups in total. The standard InChI is InChI=1S/C14H22N4/c1-9-11(15)16-12(10-4-5-10)17-13(9)18-7-6-14(2,3)8-18/h10H,4-8H2,1-3H3,(H2,15,16,17). The van der Waals surface area contributed by atoms with Crippen LogP contribution in [0.2, 0.25) is 0 Å². The summed E-state index contributed by atoms with van der Waals surface area (Å²) < 4.78 is 0. The van der Waals surface area contributed by atoms with Crippen LogP contribution in [-0.4, -0.2) is 23.1 Å². The lowest BCUT2D eigenvalue weighted by molar-refractivity contribution is 0.418. The van der Waals surface area contributed by atoms with E-state index in [0.29, 0.717) is 17.2 Å². The topological polar surface area (TPSA) is 55.0 Å². The molecule has 1 aromatic rings. The van der Waals surface area contributed by atoms with Crippen molar-refractivity contribution >= 4 is 11.6 Å². The molecule has 0 radical (unpaired) electrons. The molecule has 0 amide bonds. The summed E-state index contributed by atoms with van der Waals surface area (Å²) in [5, 5.41) is 0. The summed E-state index contributed by atoms with van der Waals surface area (Å²) in [7, 11) is 0. The predicted molar refractivity (Wildman–Crippen MR) is 73.8 cm³/mol. The first-order valence-corrected chi connectivity index (χ1v) is 6.85. The Hall–Kier alpha value is -1.32. The average Bonchev–Trinajstić information content (AvgIpc) is 3.07. The van der Waals surface area contributed by atoms with Crippen LogP contribution in [0.15, 0.2) is 0 Å². The molecule has 1 saturated carbocycles. The molecule has 2 aliphatic rings. The fourth-order valence-electron chi connectivity index (χ4n) is 2.66. The van der Waals surface area contributed by atoms with Gasteiger partial charge in [0.05, 0.1) is 0 Å². The van der Waals surface area contributed by atoms with Gasteiger partial charge in [0.15, 0.2) is 0 Å². The lowest BCUT2D eigenvalue weighted by Gasteiger charge is -2.23. The summed E-state index contributed by atoms with van der Waals surface area (Å²) >= 11 is 0. The maximum absolute atomic E-state index is 6.04. The van der Waals surface area contributed by atoms with Gasteiger partial charge in [0.2, 0.25) is 0 Å². The van der Waals surface area contributed by atoms with Crippen molar-refractivity contribution < 1.29 is 0 Å². The van der Waals surface area contributed by atoms with Gasteiger partial charge in [0, 0.05) is 24.6 Å². The minimum Gasteiger partial charge on any atom is -0.383 e. The quantitative estimate of drug-likeness (QED) is 0.871. The van der Waals surface area contributed by atoms with Crippen molar-refractivity contribution in [3.8, 4) is 0 Å². The van der Waals surface area contributed by atoms with Crippen molar-refractivity contribution in [2.45, 2.75) is 46.0 Å². The van der Waals surface area contributed by atoms with Crippen molar-refractivity contribution in [3.63, 3.8) is 0 Å². The third kappa shape index (κ3) is 2.04. The number of hydrogen-bond acceptors (Lipinski definition) is 4. The molecule has 0 bridgehead atoms. The first-order chi connectivity index (χ1) is 8.46. The number of nitrogen functional groups attached to an aromatic ring is 1. The highest BCUT2D eigenvalue weighted by molar-refractivity contribution is 5.57. The molecule has 4 nitrogen and oxygen atoms in total. The fourth-order valence-corrected chi connectivity index (χ4v) is 2.66. The molecule has 2 heterocycles. The lowest BCUT2D eigenvalue weighted by atomic mass is 9.93. The van der Waals surface area contributed by atoms with Crippen LogP contribution in [0, 0.1) is 12.3 Å². The molecule has 1 aliphatic carbocycles. The van der Waals surface area contributed by atoms with Gasteiger partial charge in [-0.2, -0.15) is 0 Å². The van der Waals surface area contributed by atoms with Crippen LogP contribution < -0.4 is 10.6 Å². The van der Waals surface area contributed by atoms with Crippen LogP contribution in [0.25, 0.3) is 0 Å². The van der Waals surface area contributed by atoms with Gasteiger partial charge in [-0.3, -0.25) is 0 Å². The van der Waals surface area contributed by atoms with Gasteiger partial charge in [-0.15, -0.1) is 0 Å². The molecule has 98 valence electrons. The van der Waals surface area contributed by atoms with E-state index in [-0.39, 0.29) is 0 Å². The molecular weight excluding hydrogens is 224 g/mol. The molecule has 1 aliphatic heterocycles. The van der Waals surface area contributed by atoms with Crippen molar-refractivity contribution in [1.29, 1.82) is 0 Å². The molecule has 3 rings (SSSR count). The van der Waals surface area contributed by atoms with E-state index in [4.69, 9.17) is 10.7 Å². The minimum atomic E-state index is 0.381. The van der Waals surface area contributed by atoms with Crippen LogP contribution in [0.1, 0.15) is 50.4 Å². The Kier molecular flexibility index (Phi) is 2.50. The number of nitrogens with two attached hydrogens (primary N) is 1. The number of anilines is 2. The molecule has 0 atom stereocenters. The van der Waals surface area contributed by atoms with E-state index in [0.717, 1.165) is 30.3 Å². The predicted octanol–water partition coefficient (Wildman–Crippen LogP) is 2.48. The normalized spacial score (nSPS) is 22.5. The van der Waals surface area contributed by atoms with E-state index in [9.17, 15) is 0 Å². The smallest absolute Gasteiger partial charge is 0.137 e. The van der Waals surface area contributed by atoms with Gasteiger partial charge in [-0.1, -0.05) is 13.8 Å². The maximum atomic E-state index is 6.04. The van der Waals surface area contributed by atoms with E-state index in [1.165, 1.54) is 19.3 Å². The van der Waals surface area contributed by atoms with Gasteiger partial charge in [-0.05, 0) is 31.6 Å². The third-order valence-electron chi connectivity index (χ3n) is 4.09. The van der Waals surface area contributed by atoms with Crippen LogP contribution in [0.4, 0.5) is 11.6 Å². The summed E-state index contributed by atoms with van der Waals surface area (Å²) in [6.45, 7) is 8.80. The Bertz CT molecular complexity index is 477. The van der Waals surface area contributed by atoms with E-state index in [2.05, 4.69) is 23.7 Å². The summed E-state index contributed by atoms with van der Waals surface area (Å²) in [5.41, 5.74) is 7.46. The van der Waals surface area contributed by atoms with Crippen LogP contribution in [-0.2, 0) is 0 Å². The van der Waals surface area contributed by atoms with Gasteiger partial charge >= 0.3 is 0 Å². The highest BCUT2D eigenvalue weighted by Crippen LogP contribution is 2.40. The van der Waals surface area contributed by atoms with Gasteiger partial charge in [0.1, 0.15) is 17.5 Å².